The minimum absolute atomic E-state index is 0.197. The van der Waals surface area contributed by atoms with Gasteiger partial charge in [-0.15, -0.1) is 0 Å². The lowest BCUT2D eigenvalue weighted by Gasteiger charge is -2.32. The summed E-state index contributed by atoms with van der Waals surface area (Å²) in [6, 6.07) is 15.7. The molecule has 9 heteroatoms. The molecule has 9 nitrogen and oxygen atoms in total. The Hall–Kier alpha value is -3.82. The molecule has 0 spiro atoms. The lowest BCUT2D eigenvalue weighted by atomic mass is 10.0. The summed E-state index contributed by atoms with van der Waals surface area (Å²) in [6.45, 7) is 6.59. The van der Waals surface area contributed by atoms with Gasteiger partial charge in [-0.3, -0.25) is 4.98 Å². The van der Waals surface area contributed by atoms with E-state index in [0.29, 0.717) is 57.4 Å². The number of fused-ring (bicyclic) bond motifs is 2. The predicted molar refractivity (Wildman–Crippen MR) is 141 cm³/mol. The van der Waals surface area contributed by atoms with Gasteiger partial charge in [0, 0.05) is 38.3 Å². The summed E-state index contributed by atoms with van der Waals surface area (Å²) in [5.41, 5.74) is 3.96. The van der Waals surface area contributed by atoms with E-state index in [2.05, 4.69) is 4.98 Å². The van der Waals surface area contributed by atoms with Crippen molar-refractivity contribution in [3.63, 3.8) is 0 Å². The summed E-state index contributed by atoms with van der Waals surface area (Å²) in [6.07, 6.45) is 3.36. The van der Waals surface area contributed by atoms with Crippen LogP contribution >= 0.6 is 0 Å². The summed E-state index contributed by atoms with van der Waals surface area (Å²) in [5.74, 6) is 1.56. The van der Waals surface area contributed by atoms with Crippen molar-refractivity contribution in [3.05, 3.63) is 83.2 Å². The largest absolute Gasteiger partial charge is 0.486 e. The number of rotatable bonds is 8. The molecule has 1 saturated heterocycles. The fraction of sp³-hybridized carbons (Fsp3) is 0.400. The molecule has 204 valence electrons. The van der Waals surface area contributed by atoms with Gasteiger partial charge in [0.2, 0.25) is 5.79 Å². The van der Waals surface area contributed by atoms with E-state index in [1.807, 2.05) is 62.4 Å². The molecular weight excluding hydrogens is 500 g/mol. The first kappa shape index (κ1) is 25.5. The second kappa shape index (κ2) is 10.7. The Morgan fingerprint density at radius 3 is 2.82 bits per heavy atom. The molecule has 6 rings (SSSR count). The van der Waals surface area contributed by atoms with Gasteiger partial charge in [0.15, 0.2) is 17.6 Å². The van der Waals surface area contributed by atoms with Crippen molar-refractivity contribution < 1.29 is 33.2 Å². The molecule has 3 aromatic rings. The lowest BCUT2D eigenvalue weighted by Crippen LogP contribution is -2.35. The van der Waals surface area contributed by atoms with E-state index in [1.54, 1.807) is 17.3 Å². The number of ether oxygens (including phenoxy) is 6. The van der Waals surface area contributed by atoms with Gasteiger partial charge in [-0.1, -0.05) is 18.2 Å². The molecule has 0 bridgehead atoms. The van der Waals surface area contributed by atoms with Gasteiger partial charge in [-0.25, -0.2) is 4.79 Å². The number of hydrogen-bond donors (Lipinski definition) is 0. The molecule has 1 fully saturated rings. The van der Waals surface area contributed by atoms with Gasteiger partial charge in [-0.2, -0.15) is 0 Å². The van der Waals surface area contributed by atoms with E-state index in [9.17, 15) is 4.79 Å². The fourth-order valence-corrected chi connectivity index (χ4v) is 4.88. The molecule has 0 saturated carbocycles. The van der Waals surface area contributed by atoms with Gasteiger partial charge in [0.25, 0.3) is 0 Å². The lowest BCUT2D eigenvalue weighted by molar-refractivity contribution is -0.180. The maximum Gasteiger partial charge on any atom is 0.410 e. The summed E-state index contributed by atoms with van der Waals surface area (Å²) in [7, 11) is 0. The molecule has 4 heterocycles. The van der Waals surface area contributed by atoms with E-state index >= 15 is 0 Å². The highest BCUT2D eigenvalue weighted by Gasteiger charge is 2.34. The highest BCUT2D eigenvalue weighted by atomic mass is 16.7. The molecule has 0 N–H and O–H groups in total. The first-order valence-electron chi connectivity index (χ1n) is 13.2. The minimum Gasteiger partial charge on any atom is -0.486 e. The number of carbonyl (C=O) groups excluding carboxylic acids is 1. The molecular formula is C30H32N2O7. The molecule has 3 aliphatic rings. The zero-order chi connectivity index (χ0) is 26.8. The number of aromatic nitrogens is 1. The summed E-state index contributed by atoms with van der Waals surface area (Å²) in [5, 5.41) is 0. The van der Waals surface area contributed by atoms with Crippen LogP contribution in [0.15, 0.2) is 60.9 Å². The molecule has 1 amide bonds. The monoisotopic (exact) mass is 532 g/mol. The van der Waals surface area contributed by atoms with E-state index < -0.39 is 5.79 Å². The highest BCUT2D eigenvalue weighted by Crippen LogP contribution is 2.36. The standard InChI is InChI=1S/C30H32N2O7/c1-30(2)36-17-23-13-22(6-8-25(23)39-30)28-15-32(29(33)38-28)11-9-20-5-7-26-27(12-20)37-24(19-35-26)18-34-16-21-4-3-10-31-14-21/h3-8,10,12-14,24,28H,9,11,15-19H2,1-2H3/t24-,28+/m1/s1. The molecule has 1 aromatic heterocycles. The number of amides is 1. The van der Waals surface area contributed by atoms with Gasteiger partial charge >= 0.3 is 6.09 Å². The van der Waals surface area contributed by atoms with E-state index in [0.717, 1.165) is 28.0 Å². The molecule has 0 aliphatic carbocycles. The zero-order valence-electron chi connectivity index (χ0n) is 22.1. The summed E-state index contributed by atoms with van der Waals surface area (Å²) >= 11 is 0. The Balaban J connectivity index is 1.02. The van der Waals surface area contributed by atoms with Gasteiger partial charge in [-0.05, 0) is 53.4 Å². The van der Waals surface area contributed by atoms with Crippen LogP contribution in [0.2, 0.25) is 0 Å². The quantitative estimate of drug-likeness (QED) is 0.408. The average molecular weight is 533 g/mol. The maximum atomic E-state index is 12.6. The first-order valence-corrected chi connectivity index (χ1v) is 13.2. The fourth-order valence-electron chi connectivity index (χ4n) is 4.88. The third kappa shape index (κ3) is 5.94. The van der Waals surface area contributed by atoms with Crippen LogP contribution in [0, 0.1) is 0 Å². The normalized spacial score (nSPS) is 21.2. The topological polar surface area (TPSA) is 88.6 Å². The Morgan fingerprint density at radius 1 is 1.05 bits per heavy atom. The van der Waals surface area contributed by atoms with E-state index in [4.69, 9.17) is 28.4 Å². The van der Waals surface area contributed by atoms with Gasteiger partial charge in [0.05, 0.1) is 26.4 Å². The van der Waals surface area contributed by atoms with E-state index in [-0.39, 0.29) is 18.3 Å². The molecule has 2 atom stereocenters. The zero-order valence-corrected chi connectivity index (χ0v) is 22.1. The Bertz CT molecular complexity index is 1330. The van der Waals surface area contributed by atoms with Crippen LogP contribution < -0.4 is 14.2 Å². The third-order valence-corrected chi connectivity index (χ3v) is 6.97. The number of pyridine rings is 1. The third-order valence-electron chi connectivity index (χ3n) is 6.97. The number of benzene rings is 2. The van der Waals surface area contributed by atoms with Crippen molar-refractivity contribution in [3.8, 4) is 17.2 Å². The van der Waals surface area contributed by atoms with Crippen molar-refractivity contribution in [1.29, 1.82) is 0 Å². The van der Waals surface area contributed by atoms with Crippen molar-refractivity contribution in [2.24, 2.45) is 0 Å². The molecule has 3 aliphatic heterocycles. The smallest absolute Gasteiger partial charge is 0.410 e. The molecule has 0 radical (unpaired) electrons. The maximum absolute atomic E-state index is 12.6. The SMILES string of the molecule is CC1(C)OCc2cc([C@@H]3CN(CCc4ccc5c(c4)O[C@H](COCc4cccnc4)CO5)C(=O)O3)ccc2O1. The summed E-state index contributed by atoms with van der Waals surface area (Å²) < 4.78 is 35.2. The van der Waals surface area contributed by atoms with Crippen LogP contribution in [0.4, 0.5) is 4.79 Å². The molecule has 0 unspecified atom stereocenters. The molecule has 39 heavy (non-hydrogen) atoms. The van der Waals surface area contributed by atoms with Crippen molar-refractivity contribution in [2.45, 2.75) is 51.5 Å². The van der Waals surface area contributed by atoms with Crippen LogP contribution in [0.1, 0.15) is 42.2 Å². The Labute approximate surface area is 227 Å². The highest BCUT2D eigenvalue weighted by molar-refractivity contribution is 5.70. The van der Waals surface area contributed by atoms with Crippen LogP contribution in [-0.4, -0.2) is 54.2 Å². The first-order chi connectivity index (χ1) is 18.9. The number of hydrogen-bond acceptors (Lipinski definition) is 8. The second-order valence-electron chi connectivity index (χ2n) is 10.4. The molecule has 2 aromatic carbocycles. The number of nitrogens with zero attached hydrogens (tertiary/aromatic N) is 2. The number of cyclic esters (lactones) is 1. The second-order valence-corrected chi connectivity index (χ2v) is 10.4. The van der Waals surface area contributed by atoms with Crippen LogP contribution in [0.5, 0.6) is 17.2 Å². The van der Waals surface area contributed by atoms with Gasteiger partial charge < -0.3 is 33.3 Å². The van der Waals surface area contributed by atoms with Crippen molar-refractivity contribution in [1.82, 2.24) is 9.88 Å². The summed E-state index contributed by atoms with van der Waals surface area (Å²) in [4.78, 5) is 18.5. The number of carbonyl (C=O) groups is 1. The van der Waals surface area contributed by atoms with E-state index in [1.165, 1.54) is 0 Å². The van der Waals surface area contributed by atoms with Crippen LogP contribution in [0.3, 0.4) is 0 Å². The van der Waals surface area contributed by atoms with Crippen molar-refractivity contribution >= 4 is 6.09 Å². The van der Waals surface area contributed by atoms with Crippen LogP contribution in [0.25, 0.3) is 0 Å². The Morgan fingerprint density at radius 2 is 1.95 bits per heavy atom. The van der Waals surface area contributed by atoms with Crippen LogP contribution in [-0.2, 0) is 33.8 Å². The average Bonchev–Trinajstić information content (AvgIpc) is 3.31. The van der Waals surface area contributed by atoms with Gasteiger partial charge in [0.1, 0.15) is 18.5 Å². The predicted octanol–water partition coefficient (Wildman–Crippen LogP) is 4.82. The van der Waals surface area contributed by atoms with Crippen molar-refractivity contribution in [2.75, 3.05) is 26.3 Å². The Kier molecular flexibility index (Phi) is 7.01. The minimum atomic E-state index is -0.645.